The summed E-state index contributed by atoms with van der Waals surface area (Å²) in [6.45, 7) is 20.4. The molecule has 1 N–H and O–H groups in total. The summed E-state index contributed by atoms with van der Waals surface area (Å²) < 4.78 is 0. The average Bonchev–Trinajstić information content (AvgIpc) is 3.12. The van der Waals surface area contributed by atoms with Crippen LogP contribution in [0.3, 0.4) is 0 Å². The molecule has 4 rings (SSSR count). The minimum Gasteiger partial charge on any atom is -0.393 e. The Hall–Kier alpha value is -0.300. The molecule has 4 aliphatic carbocycles. The van der Waals surface area contributed by atoms with E-state index in [9.17, 15) is 5.11 Å². The zero-order chi connectivity index (χ0) is 24.2. The summed E-state index contributed by atoms with van der Waals surface area (Å²) in [7, 11) is 0. The smallest absolute Gasteiger partial charge is 0.0577 e. The third-order valence-corrected chi connectivity index (χ3v) is 12.5. The van der Waals surface area contributed by atoms with Gasteiger partial charge in [0, 0.05) is 0 Å². The fourth-order valence-corrected chi connectivity index (χ4v) is 10.9. The fourth-order valence-electron chi connectivity index (χ4n) is 10.9. The molecule has 0 saturated heterocycles. The lowest BCUT2D eigenvalue weighted by Gasteiger charge is -2.63. The molecule has 0 aliphatic heterocycles. The van der Waals surface area contributed by atoms with Crippen molar-refractivity contribution in [2.75, 3.05) is 0 Å². The summed E-state index contributed by atoms with van der Waals surface area (Å²) in [5.74, 6) is 4.23. The molecule has 0 aromatic carbocycles. The minimum absolute atomic E-state index is 0.0949. The zero-order valence-electron chi connectivity index (χ0n) is 23.5. The van der Waals surface area contributed by atoms with Gasteiger partial charge in [-0.25, -0.2) is 0 Å². The maximum Gasteiger partial charge on any atom is 0.0577 e. The van der Waals surface area contributed by atoms with Crippen molar-refractivity contribution in [2.45, 2.75) is 139 Å². The molecule has 1 nitrogen and oxygen atoms in total. The molecule has 0 aromatic heterocycles. The van der Waals surface area contributed by atoms with Crippen LogP contribution in [0.5, 0.6) is 0 Å². The van der Waals surface area contributed by atoms with E-state index in [1.165, 1.54) is 64.2 Å². The Kier molecular flexibility index (Phi) is 7.01. The lowest BCUT2D eigenvalue weighted by Crippen LogP contribution is -2.56. The number of aliphatic hydroxyl groups excluding tert-OH is 1. The van der Waals surface area contributed by atoms with Gasteiger partial charge < -0.3 is 5.11 Å². The first-order valence-corrected chi connectivity index (χ1v) is 14.8. The van der Waals surface area contributed by atoms with E-state index in [0.717, 1.165) is 42.4 Å². The van der Waals surface area contributed by atoms with E-state index in [1.54, 1.807) is 5.57 Å². The number of hydrogen-bond acceptors (Lipinski definition) is 1. The maximum absolute atomic E-state index is 10.4. The van der Waals surface area contributed by atoms with Gasteiger partial charge in [-0.1, -0.05) is 79.9 Å². The largest absolute Gasteiger partial charge is 0.393 e. The van der Waals surface area contributed by atoms with Gasteiger partial charge in [0.25, 0.3) is 0 Å². The summed E-state index contributed by atoms with van der Waals surface area (Å²) in [5, 5.41) is 10.4. The molecular formula is C32H56O. The van der Waals surface area contributed by atoms with Crippen molar-refractivity contribution in [1.82, 2.24) is 0 Å². The van der Waals surface area contributed by atoms with Crippen LogP contribution in [0.25, 0.3) is 0 Å². The van der Waals surface area contributed by atoms with Crippen molar-refractivity contribution in [3.8, 4) is 0 Å². The van der Waals surface area contributed by atoms with Crippen LogP contribution in [0.2, 0.25) is 0 Å². The highest BCUT2D eigenvalue weighted by molar-refractivity contribution is 5.28. The van der Waals surface area contributed by atoms with Gasteiger partial charge >= 0.3 is 0 Å². The molecule has 190 valence electrons. The van der Waals surface area contributed by atoms with Gasteiger partial charge in [-0.2, -0.15) is 0 Å². The SMILES string of the molecule is CCC(CC)(CC(C)C)C[C@@H](C)[C@H]1CC[C@@H]2[C@]1(C)CC[C@H]1[C@@]2(C)CC=C2C[C@@H](O)CC[C@@]21C. The third-order valence-electron chi connectivity index (χ3n) is 12.5. The molecule has 4 aliphatic rings. The van der Waals surface area contributed by atoms with Crippen LogP contribution >= 0.6 is 0 Å². The van der Waals surface area contributed by atoms with Crippen LogP contribution in [0, 0.1) is 51.2 Å². The quantitative estimate of drug-likeness (QED) is 0.378. The van der Waals surface area contributed by atoms with Crippen LogP contribution < -0.4 is 0 Å². The molecule has 3 fully saturated rings. The van der Waals surface area contributed by atoms with Crippen LogP contribution in [0.4, 0.5) is 0 Å². The first-order valence-electron chi connectivity index (χ1n) is 14.8. The molecule has 0 amide bonds. The molecule has 0 unspecified atom stereocenters. The predicted molar refractivity (Wildman–Crippen MR) is 142 cm³/mol. The van der Waals surface area contributed by atoms with E-state index >= 15 is 0 Å². The molecule has 33 heavy (non-hydrogen) atoms. The second-order valence-electron chi connectivity index (χ2n) is 14.6. The Morgan fingerprint density at radius 1 is 0.909 bits per heavy atom. The van der Waals surface area contributed by atoms with Crippen molar-refractivity contribution < 1.29 is 5.11 Å². The Labute approximate surface area is 206 Å². The fraction of sp³-hybridized carbons (Fsp3) is 0.938. The first kappa shape index (κ1) is 25.8. The molecular weight excluding hydrogens is 400 g/mol. The number of fused-ring (bicyclic) bond motifs is 5. The van der Waals surface area contributed by atoms with Crippen molar-refractivity contribution in [2.24, 2.45) is 51.2 Å². The predicted octanol–water partition coefficient (Wildman–Crippen LogP) is 9.20. The number of aliphatic hydroxyl groups is 1. The van der Waals surface area contributed by atoms with E-state index < -0.39 is 0 Å². The lowest BCUT2D eigenvalue weighted by molar-refractivity contribution is -0.115. The van der Waals surface area contributed by atoms with Crippen molar-refractivity contribution in [1.29, 1.82) is 0 Å². The number of rotatable bonds is 7. The Bertz CT molecular complexity index is 731. The van der Waals surface area contributed by atoms with Crippen molar-refractivity contribution in [3.05, 3.63) is 11.6 Å². The second-order valence-corrected chi connectivity index (χ2v) is 14.6. The zero-order valence-corrected chi connectivity index (χ0v) is 23.5. The van der Waals surface area contributed by atoms with Crippen LogP contribution in [-0.4, -0.2) is 11.2 Å². The summed E-state index contributed by atoms with van der Waals surface area (Å²) in [6, 6.07) is 0. The molecule has 1 heteroatoms. The van der Waals surface area contributed by atoms with Gasteiger partial charge in [-0.15, -0.1) is 0 Å². The monoisotopic (exact) mass is 456 g/mol. The van der Waals surface area contributed by atoms with Gasteiger partial charge in [-0.3, -0.25) is 0 Å². The highest BCUT2D eigenvalue weighted by Gasteiger charge is 2.64. The topological polar surface area (TPSA) is 20.2 Å². The van der Waals surface area contributed by atoms with Gasteiger partial charge in [0.1, 0.15) is 0 Å². The number of allylic oxidation sites excluding steroid dienone is 1. The molecule has 0 spiro atoms. The highest BCUT2D eigenvalue weighted by atomic mass is 16.3. The van der Waals surface area contributed by atoms with E-state index in [-0.39, 0.29) is 6.10 Å². The van der Waals surface area contributed by atoms with Gasteiger partial charge in [-0.05, 0) is 115 Å². The van der Waals surface area contributed by atoms with Crippen molar-refractivity contribution in [3.63, 3.8) is 0 Å². The molecule has 3 saturated carbocycles. The Morgan fingerprint density at radius 2 is 1.61 bits per heavy atom. The summed E-state index contributed by atoms with van der Waals surface area (Å²) >= 11 is 0. The Balaban J connectivity index is 1.58. The summed E-state index contributed by atoms with van der Waals surface area (Å²) in [4.78, 5) is 0. The Morgan fingerprint density at radius 3 is 2.24 bits per heavy atom. The molecule has 0 aromatic rings. The van der Waals surface area contributed by atoms with Crippen LogP contribution in [-0.2, 0) is 0 Å². The standard InChI is InChI=1S/C32H56O/c1-9-32(10-2,20-22(3)4)21-23(5)26-11-12-27-30(26,7)18-15-28-29(6)17-14-25(33)19-24(29)13-16-31(27,28)8/h13,22-23,25-28,33H,9-12,14-21H2,1-8H3/t23-,25+,26-,27-,28-,29+,30-,31+/m1/s1. The van der Waals surface area contributed by atoms with E-state index in [1.807, 2.05) is 0 Å². The summed E-state index contributed by atoms with van der Waals surface area (Å²) in [6.07, 6.45) is 18.2. The molecule has 0 radical (unpaired) electrons. The lowest BCUT2D eigenvalue weighted by atomic mass is 9.41. The third kappa shape index (κ3) is 4.09. The summed E-state index contributed by atoms with van der Waals surface area (Å²) in [5.41, 5.74) is 3.47. The minimum atomic E-state index is -0.0949. The van der Waals surface area contributed by atoms with Crippen LogP contribution in [0.1, 0.15) is 132 Å². The van der Waals surface area contributed by atoms with Crippen LogP contribution in [0.15, 0.2) is 11.6 Å². The molecule has 0 bridgehead atoms. The van der Waals surface area contributed by atoms with Gasteiger partial charge in [0.05, 0.1) is 6.10 Å². The number of hydrogen-bond donors (Lipinski definition) is 1. The molecule has 8 atom stereocenters. The van der Waals surface area contributed by atoms with Crippen molar-refractivity contribution >= 4 is 0 Å². The first-order chi connectivity index (χ1) is 15.4. The second kappa shape index (κ2) is 8.97. The highest BCUT2D eigenvalue weighted by Crippen LogP contribution is 2.72. The average molecular weight is 457 g/mol. The van der Waals surface area contributed by atoms with E-state index in [2.05, 4.69) is 61.5 Å². The molecule has 0 heterocycles. The van der Waals surface area contributed by atoms with E-state index in [4.69, 9.17) is 0 Å². The van der Waals surface area contributed by atoms with E-state index in [0.29, 0.717) is 21.7 Å². The van der Waals surface area contributed by atoms with Gasteiger partial charge in [0.2, 0.25) is 0 Å². The van der Waals surface area contributed by atoms with Gasteiger partial charge in [0.15, 0.2) is 0 Å². The maximum atomic E-state index is 10.4. The normalized spacial score (nSPS) is 44.1.